The highest BCUT2D eigenvalue weighted by Gasteiger charge is 2.29. The molecule has 2 fully saturated rings. The SMILES string of the molecule is Cc1ccc(C(=O)N2CCOCC2)cc1-c1ccc(C[C@H](NC(=O)[C@H]2CC[C@H](CN)CC2)C(=O)Nc2ccc(-c3nn[nH]n3)cc2)cc1. The molecule has 4 aromatic rings. The number of aromatic nitrogens is 4. The Hall–Kier alpha value is -4.94. The van der Waals surface area contributed by atoms with Crippen LogP contribution in [0.4, 0.5) is 5.69 Å². The van der Waals surface area contributed by atoms with Gasteiger partial charge in [0.25, 0.3) is 5.91 Å². The second-order valence-corrected chi connectivity index (χ2v) is 12.7. The van der Waals surface area contributed by atoms with Crippen LogP contribution in [0.15, 0.2) is 66.7 Å². The highest BCUT2D eigenvalue weighted by molar-refractivity contribution is 5.98. The van der Waals surface area contributed by atoms with Gasteiger partial charge in [-0.3, -0.25) is 14.4 Å². The average Bonchev–Trinajstić information content (AvgIpc) is 3.68. The number of morpholine rings is 1. The van der Waals surface area contributed by atoms with Crippen molar-refractivity contribution in [3.8, 4) is 22.5 Å². The lowest BCUT2D eigenvalue weighted by Crippen LogP contribution is -2.48. The van der Waals surface area contributed by atoms with Crippen LogP contribution in [0.2, 0.25) is 0 Å². The predicted molar refractivity (Wildman–Crippen MR) is 182 cm³/mol. The fourth-order valence-electron chi connectivity index (χ4n) is 6.45. The molecular formula is C36H42N8O4. The number of rotatable bonds is 10. The molecule has 1 aliphatic carbocycles. The third-order valence-electron chi connectivity index (χ3n) is 9.43. The zero-order valence-electron chi connectivity index (χ0n) is 27.2. The van der Waals surface area contributed by atoms with Gasteiger partial charge in [0.1, 0.15) is 6.04 Å². The maximum Gasteiger partial charge on any atom is 0.254 e. The zero-order valence-corrected chi connectivity index (χ0v) is 27.2. The molecule has 6 rings (SSSR count). The molecule has 5 N–H and O–H groups in total. The van der Waals surface area contributed by atoms with Gasteiger partial charge in [-0.1, -0.05) is 30.3 Å². The van der Waals surface area contributed by atoms with Crippen LogP contribution in [-0.4, -0.2) is 82.1 Å². The van der Waals surface area contributed by atoms with Crippen molar-refractivity contribution in [3.63, 3.8) is 0 Å². The minimum absolute atomic E-state index is 0.00160. The maximum absolute atomic E-state index is 13.7. The molecule has 3 amide bonds. The number of carbonyl (C=O) groups is 3. The second-order valence-electron chi connectivity index (χ2n) is 12.7. The van der Waals surface area contributed by atoms with E-state index in [4.69, 9.17) is 10.5 Å². The van der Waals surface area contributed by atoms with E-state index in [1.165, 1.54) is 0 Å². The third kappa shape index (κ3) is 7.95. The minimum atomic E-state index is -0.788. The van der Waals surface area contributed by atoms with Gasteiger partial charge in [0, 0.05) is 42.2 Å². The molecule has 12 heteroatoms. The number of amides is 3. The Labute approximate surface area is 279 Å². The van der Waals surface area contributed by atoms with Crippen LogP contribution in [0.1, 0.15) is 47.2 Å². The van der Waals surface area contributed by atoms with E-state index in [0.717, 1.165) is 53.5 Å². The number of hydrogen-bond donors (Lipinski definition) is 4. The van der Waals surface area contributed by atoms with E-state index >= 15 is 0 Å². The Bertz CT molecular complexity index is 1700. The minimum Gasteiger partial charge on any atom is -0.378 e. The van der Waals surface area contributed by atoms with E-state index in [9.17, 15) is 14.4 Å². The van der Waals surface area contributed by atoms with E-state index in [1.807, 2.05) is 54.3 Å². The maximum atomic E-state index is 13.7. The van der Waals surface area contributed by atoms with E-state index in [1.54, 1.807) is 24.3 Å². The van der Waals surface area contributed by atoms with Crippen molar-refractivity contribution in [1.82, 2.24) is 30.8 Å². The summed E-state index contributed by atoms with van der Waals surface area (Å²) in [5, 5.41) is 20.0. The Morgan fingerprint density at radius 2 is 1.67 bits per heavy atom. The summed E-state index contributed by atoms with van der Waals surface area (Å²) in [7, 11) is 0. The molecule has 0 radical (unpaired) electrons. The Balaban J connectivity index is 1.17. The molecule has 1 saturated heterocycles. The lowest BCUT2D eigenvalue weighted by molar-refractivity contribution is -0.130. The summed E-state index contributed by atoms with van der Waals surface area (Å²) < 4.78 is 5.40. The quantitative estimate of drug-likeness (QED) is 0.201. The number of nitrogens with one attached hydrogen (secondary N) is 3. The van der Waals surface area contributed by atoms with Gasteiger partial charge in [-0.15, -0.1) is 10.2 Å². The fraction of sp³-hybridized carbons (Fsp3) is 0.389. The highest BCUT2D eigenvalue weighted by atomic mass is 16.5. The molecule has 12 nitrogen and oxygen atoms in total. The monoisotopic (exact) mass is 650 g/mol. The summed E-state index contributed by atoms with van der Waals surface area (Å²) in [6, 6.07) is 20.1. The Kier molecular flexibility index (Phi) is 10.5. The predicted octanol–water partition coefficient (Wildman–Crippen LogP) is 3.75. The van der Waals surface area contributed by atoms with Crippen LogP contribution in [0.5, 0.6) is 0 Å². The van der Waals surface area contributed by atoms with E-state index in [0.29, 0.717) is 62.3 Å². The number of ether oxygens (including phenoxy) is 1. The number of benzene rings is 3. The van der Waals surface area contributed by atoms with Crippen LogP contribution >= 0.6 is 0 Å². The number of carbonyl (C=O) groups excluding carboxylic acids is 3. The van der Waals surface area contributed by atoms with Gasteiger partial charge in [0.05, 0.1) is 13.2 Å². The summed E-state index contributed by atoms with van der Waals surface area (Å²) in [6.07, 6.45) is 3.67. The number of aromatic amines is 1. The molecule has 1 aromatic heterocycles. The van der Waals surface area contributed by atoms with Gasteiger partial charge in [-0.25, -0.2) is 0 Å². The van der Waals surface area contributed by atoms with E-state index in [2.05, 4.69) is 31.3 Å². The van der Waals surface area contributed by atoms with Crippen LogP contribution in [0.25, 0.3) is 22.5 Å². The molecule has 2 aliphatic rings. The van der Waals surface area contributed by atoms with Gasteiger partial charge in [0.15, 0.2) is 0 Å². The standard InChI is InChI=1S/C36H42N8O4/c1-23-2-7-29(36(47)44-16-18-48-19-17-44)21-31(23)26-8-3-24(4-9-26)20-32(39-34(45)28-10-5-25(22-37)6-11-28)35(46)38-30-14-12-27(13-15-30)33-40-42-43-41-33/h2-4,7-9,12-15,21,25,28,32H,5-6,10-11,16-20,22,37H2,1H3,(H,38,46)(H,39,45)(H,40,41,42,43)/t25-,28-,32-/m0/s1. The molecule has 48 heavy (non-hydrogen) atoms. The fourth-order valence-corrected chi connectivity index (χ4v) is 6.45. The van der Waals surface area contributed by atoms with Gasteiger partial charge >= 0.3 is 0 Å². The number of aryl methyl sites for hydroxylation is 1. The third-order valence-corrected chi connectivity index (χ3v) is 9.43. The van der Waals surface area contributed by atoms with Crippen LogP contribution in [0.3, 0.4) is 0 Å². The topological polar surface area (TPSA) is 168 Å². The molecule has 2 heterocycles. The van der Waals surface area contributed by atoms with Crippen molar-refractivity contribution in [1.29, 1.82) is 0 Å². The molecular weight excluding hydrogens is 608 g/mol. The molecule has 3 aromatic carbocycles. The summed E-state index contributed by atoms with van der Waals surface area (Å²) in [5.74, 6) is 0.352. The van der Waals surface area contributed by atoms with Crippen molar-refractivity contribution in [2.75, 3.05) is 38.2 Å². The Morgan fingerprint density at radius 3 is 2.33 bits per heavy atom. The number of H-pyrrole nitrogens is 1. The van der Waals surface area contributed by atoms with Gasteiger partial charge in [-0.2, -0.15) is 5.21 Å². The van der Waals surface area contributed by atoms with Crippen molar-refractivity contribution >= 4 is 23.4 Å². The first kappa shape index (κ1) is 33.0. The summed E-state index contributed by atoms with van der Waals surface area (Å²) >= 11 is 0. The van der Waals surface area contributed by atoms with Crippen molar-refractivity contribution in [2.45, 2.75) is 45.1 Å². The lowest BCUT2D eigenvalue weighted by atomic mass is 9.81. The zero-order chi connectivity index (χ0) is 33.5. The number of nitrogens with zero attached hydrogens (tertiary/aromatic N) is 4. The Morgan fingerprint density at radius 1 is 0.958 bits per heavy atom. The van der Waals surface area contributed by atoms with E-state index in [-0.39, 0.29) is 23.6 Å². The highest BCUT2D eigenvalue weighted by Crippen LogP contribution is 2.29. The van der Waals surface area contributed by atoms with Crippen LogP contribution in [0, 0.1) is 18.8 Å². The van der Waals surface area contributed by atoms with Crippen molar-refractivity contribution in [3.05, 3.63) is 83.4 Å². The van der Waals surface area contributed by atoms with Crippen LogP contribution in [-0.2, 0) is 20.7 Å². The number of nitrogens with two attached hydrogens (primary N) is 1. The van der Waals surface area contributed by atoms with Crippen molar-refractivity contribution < 1.29 is 19.1 Å². The van der Waals surface area contributed by atoms with E-state index < -0.39 is 6.04 Å². The smallest absolute Gasteiger partial charge is 0.254 e. The first-order chi connectivity index (χ1) is 23.4. The molecule has 1 atom stereocenters. The number of hydrogen-bond acceptors (Lipinski definition) is 8. The lowest BCUT2D eigenvalue weighted by Gasteiger charge is -2.28. The average molecular weight is 651 g/mol. The molecule has 1 aliphatic heterocycles. The molecule has 0 spiro atoms. The first-order valence-electron chi connectivity index (χ1n) is 16.6. The molecule has 0 unspecified atom stereocenters. The first-order valence-corrected chi connectivity index (χ1v) is 16.6. The molecule has 1 saturated carbocycles. The van der Waals surface area contributed by atoms with Gasteiger partial charge < -0.3 is 26.0 Å². The largest absolute Gasteiger partial charge is 0.378 e. The number of anilines is 1. The molecule has 0 bridgehead atoms. The number of tetrazole rings is 1. The summed E-state index contributed by atoms with van der Waals surface area (Å²) in [5.41, 5.74) is 11.8. The normalized spacial score (nSPS) is 18.6. The van der Waals surface area contributed by atoms with Gasteiger partial charge in [-0.05, 0) is 109 Å². The van der Waals surface area contributed by atoms with Crippen LogP contribution < -0.4 is 16.4 Å². The van der Waals surface area contributed by atoms with Gasteiger partial charge in [0.2, 0.25) is 17.6 Å². The molecule has 250 valence electrons. The second kappa shape index (κ2) is 15.3. The summed E-state index contributed by atoms with van der Waals surface area (Å²) in [4.78, 5) is 42.1. The van der Waals surface area contributed by atoms with Crippen molar-refractivity contribution in [2.24, 2.45) is 17.6 Å². The summed E-state index contributed by atoms with van der Waals surface area (Å²) in [6.45, 7) is 4.93.